The maximum absolute atomic E-state index is 13.2. The molecule has 0 spiro atoms. The topological polar surface area (TPSA) is 41.5 Å². The minimum Gasteiger partial charge on any atom is -0.496 e. The second kappa shape index (κ2) is 4.55. The molecule has 0 aromatic heterocycles. The minimum absolute atomic E-state index is 0.0626. The zero-order valence-corrected chi connectivity index (χ0v) is 8.55. The number of alkyl halides is 2. The molecule has 5 heteroatoms. The van der Waals surface area contributed by atoms with Crippen LogP contribution in [0.3, 0.4) is 0 Å². The smallest absolute Gasteiger partial charge is 0.274 e. The first-order chi connectivity index (χ1) is 7.00. The van der Waals surface area contributed by atoms with E-state index in [4.69, 9.17) is 9.94 Å². The first-order valence-corrected chi connectivity index (χ1v) is 4.42. The van der Waals surface area contributed by atoms with Crippen molar-refractivity contribution in [1.82, 2.24) is 5.48 Å². The molecule has 0 aliphatic carbocycles. The van der Waals surface area contributed by atoms with Crippen molar-refractivity contribution < 1.29 is 18.7 Å². The van der Waals surface area contributed by atoms with E-state index in [1.807, 2.05) is 5.48 Å². The van der Waals surface area contributed by atoms with E-state index in [9.17, 15) is 8.78 Å². The van der Waals surface area contributed by atoms with Crippen LogP contribution in [0, 0.1) is 0 Å². The summed E-state index contributed by atoms with van der Waals surface area (Å²) in [5.74, 6) is -2.86. The van der Waals surface area contributed by atoms with Crippen molar-refractivity contribution >= 4 is 0 Å². The molecule has 0 aliphatic rings. The molecule has 15 heavy (non-hydrogen) atoms. The van der Waals surface area contributed by atoms with Gasteiger partial charge in [-0.15, -0.1) is 0 Å². The van der Waals surface area contributed by atoms with Gasteiger partial charge in [0.25, 0.3) is 5.92 Å². The van der Waals surface area contributed by atoms with Crippen LogP contribution in [-0.4, -0.2) is 12.3 Å². The number of hydrogen-bond acceptors (Lipinski definition) is 3. The van der Waals surface area contributed by atoms with Crippen LogP contribution in [0.2, 0.25) is 0 Å². The van der Waals surface area contributed by atoms with Crippen LogP contribution < -0.4 is 10.2 Å². The van der Waals surface area contributed by atoms with Crippen LogP contribution in [0.4, 0.5) is 8.78 Å². The molecule has 84 valence electrons. The van der Waals surface area contributed by atoms with Gasteiger partial charge in [-0.3, -0.25) is 0 Å². The van der Waals surface area contributed by atoms with Crippen molar-refractivity contribution in [1.29, 1.82) is 0 Å². The van der Waals surface area contributed by atoms with Gasteiger partial charge in [-0.1, -0.05) is 12.1 Å². The quantitative estimate of drug-likeness (QED) is 0.760. The van der Waals surface area contributed by atoms with Crippen molar-refractivity contribution in [3.05, 3.63) is 29.3 Å². The molecule has 0 unspecified atom stereocenters. The number of nitrogens with one attached hydrogen (secondary N) is 1. The lowest BCUT2D eigenvalue weighted by Gasteiger charge is -2.17. The highest BCUT2D eigenvalue weighted by molar-refractivity contribution is 5.43. The van der Waals surface area contributed by atoms with E-state index >= 15 is 0 Å². The second-order valence-electron chi connectivity index (χ2n) is 3.22. The monoisotopic (exact) mass is 217 g/mol. The molecule has 0 heterocycles. The molecule has 0 saturated carbocycles. The number of hydroxylamine groups is 1. The van der Waals surface area contributed by atoms with Crippen LogP contribution in [0.1, 0.15) is 18.1 Å². The van der Waals surface area contributed by atoms with Crippen molar-refractivity contribution in [3.8, 4) is 5.75 Å². The van der Waals surface area contributed by atoms with Crippen LogP contribution in [-0.2, 0) is 12.5 Å². The molecule has 0 saturated heterocycles. The van der Waals surface area contributed by atoms with Gasteiger partial charge < -0.3 is 9.94 Å². The summed E-state index contributed by atoms with van der Waals surface area (Å²) in [6.45, 7) is 0.869. The summed E-state index contributed by atoms with van der Waals surface area (Å²) < 4.78 is 31.2. The van der Waals surface area contributed by atoms with Crippen LogP contribution in [0.15, 0.2) is 18.2 Å². The maximum Gasteiger partial charge on any atom is 0.274 e. The molecular weight excluding hydrogens is 204 g/mol. The number of methoxy groups -OCH3 is 1. The molecule has 3 nitrogen and oxygen atoms in total. The van der Waals surface area contributed by atoms with Crippen molar-refractivity contribution in [2.45, 2.75) is 19.4 Å². The van der Waals surface area contributed by atoms with Gasteiger partial charge in [0.1, 0.15) is 5.75 Å². The molecule has 0 aliphatic heterocycles. The van der Waals surface area contributed by atoms with E-state index in [0.717, 1.165) is 6.92 Å². The molecule has 0 fully saturated rings. The summed E-state index contributed by atoms with van der Waals surface area (Å²) in [6.07, 6.45) is 0. The number of benzene rings is 1. The van der Waals surface area contributed by atoms with E-state index in [0.29, 0.717) is 5.56 Å². The molecule has 1 aromatic carbocycles. The standard InChI is InChI=1S/C10H13F2NO2/c1-10(11,12)8-5-3-4-7(6-13-14)9(8)15-2/h3-5,13-14H,6H2,1-2H3. The van der Waals surface area contributed by atoms with Gasteiger partial charge in [-0.25, -0.2) is 14.3 Å². The molecule has 0 radical (unpaired) electrons. The summed E-state index contributed by atoms with van der Waals surface area (Å²) >= 11 is 0. The predicted molar refractivity (Wildman–Crippen MR) is 51.2 cm³/mol. The SMILES string of the molecule is COc1c(CNO)cccc1C(C)(F)F. The molecule has 1 rings (SSSR count). The lowest BCUT2D eigenvalue weighted by atomic mass is 10.0. The Balaban J connectivity index is 3.22. The highest BCUT2D eigenvalue weighted by Gasteiger charge is 2.29. The van der Waals surface area contributed by atoms with E-state index in [1.165, 1.54) is 19.2 Å². The fourth-order valence-corrected chi connectivity index (χ4v) is 1.40. The third-order valence-electron chi connectivity index (χ3n) is 2.04. The Morgan fingerprint density at radius 1 is 1.47 bits per heavy atom. The minimum atomic E-state index is -2.96. The molecular formula is C10H13F2NO2. The predicted octanol–water partition coefficient (Wildman–Crippen LogP) is 2.29. The fourth-order valence-electron chi connectivity index (χ4n) is 1.40. The Labute approximate surface area is 86.6 Å². The van der Waals surface area contributed by atoms with Crippen molar-refractivity contribution in [3.63, 3.8) is 0 Å². The lowest BCUT2D eigenvalue weighted by Crippen LogP contribution is -2.13. The summed E-state index contributed by atoms with van der Waals surface area (Å²) in [6, 6.07) is 4.42. The van der Waals surface area contributed by atoms with Gasteiger partial charge in [0.15, 0.2) is 0 Å². The summed E-state index contributed by atoms with van der Waals surface area (Å²) in [5, 5.41) is 8.54. The molecule has 1 aromatic rings. The normalized spacial score (nSPS) is 11.5. The molecule has 0 amide bonds. The van der Waals surface area contributed by atoms with Crippen molar-refractivity contribution in [2.75, 3.05) is 7.11 Å². The largest absolute Gasteiger partial charge is 0.496 e. The van der Waals surface area contributed by atoms with Gasteiger partial charge in [0, 0.05) is 19.0 Å². The third kappa shape index (κ3) is 2.64. The zero-order chi connectivity index (χ0) is 11.5. The number of halogens is 2. The summed E-state index contributed by atoms with van der Waals surface area (Å²) in [4.78, 5) is 0. The molecule has 0 bridgehead atoms. The third-order valence-corrected chi connectivity index (χ3v) is 2.04. The Morgan fingerprint density at radius 3 is 2.60 bits per heavy atom. The van der Waals surface area contributed by atoms with E-state index in [-0.39, 0.29) is 17.9 Å². The van der Waals surface area contributed by atoms with Crippen LogP contribution in [0.25, 0.3) is 0 Å². The Hall–Kier alpha value is -1.20. The number of rotatable bonds is 4. The first-order valence-electron chi connectivity index (χ1n) is 4.42. The zero-order valence-electron chi connectivity index (χ0n) is 8.55. The average Bonchev–Trinajstić information content (AvgIpc) is 2.16. The highest BCUT2D eigenvalue weighted by atomic mass is 19.3. The number of para-hydroxylation sites is 1. The molecule has 0 atom stereocenters. The Kier molecular flexibility index (Phi) is 3.60. The average molecular weight is 217 g/mol. The lowest BCUT2D eigenvalue weighted by molar-refractivity contribution is 0.0148. The number of hydrogen-bond donors (Lipinski definition) is 2. The number of ether oxygens (including phenoxy) is 1. The first kappa shape index (κ1) is 11.9. The van der Waals surface area contributed by atoms with Gasteiger partial charge in [-0.05, 0) is 6.07 Å². The molecule has 2 N–H and O–H groups in total. The van der Waals surface area contributed by atoms with E-state index in [2.05, 4.69) is 0 Å². The van der Waals surface area contributed by atoms with E-state index < -0.39 is 5.92 Å². The van der Waals surface area contributed by atoms with Crippen molar-refractivity contribution in [2.24, 2.45) is 0 Å². The van der Waals surface area contributed by atoms with Gasteiger partial charge in [0.05, 0.1) is 12.7 Å². The highest BCUT2D eigenvalue weighted by Crippen LogP contribution is 2.36. The van der Waals surface area contributed by atoms with E-state index in [1.54, 1.807) is 6.07 Å². The summed E-state index contributed by atoms with van der Waals surface area (Å²) in [5.41, 5.74) is 2.22. The van der Waals surface area contributed by atoms with Gasteiger partial charge in [-0.2, -0.15) is 0 Å². The van der Waals surface area contributed by atoms with Crippen LogP contribution >= 0.6 is 0 Å². The Morgan fingerprint density at radius 2 is 2.13 bits per heavy atom. The fraction of sp³-hybridized carbons (Fsp3) is 0.400. The summed E-state index contributed by atoms with van der Waals surface area (Å²) in [7, 11) is 1.32. The van der Waals surface area contributed by atoms with Crippen LogP contribution in [0.5, 0.6) is 5.75 Å². The van der Waals surface area contributed by atoms with Gasteiger partial charge >= 0.3 is 0 Å². The van der Waals surface area contributed by atoms with Gasteiger partial charge in [0.2, 0.25) is 0 Å². The Bertz CT molecular complexity index is 337. The second-order valence-corrected chi connectivity index (χ2v) is 3.22. The maximum atomic E-state index is 13.2.